The third-order valence-corrected chi connectivity index (χ3v) is 3.88. The molecule has 0 saturated heterocycles. The molecule has 0 unspecified atom stereocenters. The number of hydrogen-bond acceptors (Lipinski definition) is 3. The number of aliphatic imine (C=N–C) groups is 1. The molecule has 0 radical (unpaired) electrons. The minimum atomic E-state index is 0.0120. The second kappa shape index (κ2) is 6.85. The molecular weight excluding hydrogens is 310 g/mol. The Bertz CT molecular complexity index is 1040. The van der Waals surface area contributed by atoms with Crippen molar-refractivity contribution in [3.05, 3.63) is 71.9 Å². The fourth-order valence-corrected chi connectivity index (χ4v) is 2.78. The van der Waals surface area contributed by atoms with Gasteiger partial charge in [-0.1, -0.05) is 36.4 Å². The summed E-state index contributed by atoms with van der Waals surface area (Å²) in [7, 11) is 0. The van der Waals surface area contributed by atoms with Gasteiger partial charge in [-0.3, -0.25) is 4.98 Å². The van der Waals surface area contributed by atoms with Gasteiger partial charge >= 0.3 is 0 Å². The van der Waals surface area contributed by atoms with Crippen molar-refractivity contribution in [2.75, 3.05) is 0 Å². The van der Waals surface area contributed by atoms with Gasteiger partial charge < -0.3 is 11.5 Å². The van der Waals surface area contributed by atoms with E-state index in [-0.39, 0.29) is 5.96 Å². The summed E-state index contributed by atoms with van der Waals surface area (Å²) in [6.07, 6.45) is 3.54. The first-order chi connectivity index (χ1) is 12.1. The number of benzene rings is 2. The first-order valence-electron chi connectivity index (χ1n) is 7.78. The number of nitrogens with zero attached hydrogens (tertiary/aromatic N) is 3. The number of fused-ring (bicyclic) bond motifs is 1. The maximum Gasteiger partial charge on any atom is 0.191 e. The largest absolute Gasteiger partial charge is 0.370 e. The predicted molar refractivity (Wildman–Crippen MR) is 101 cm³/mol. The van der Waals surface area contributed by atoms with E-state index in [0.29, 0.717) is 17.0 Å². The van der Waals surface area contributed by atoms with Crippen LogP contribution in [0.1, 0.15) is 18.1 Å². The van der Waals surface area contributed by atoms with Gasteiger partial charge in [-0.25, -0.2) is 4.99 Å². The molecule has 4 N–H and O–H groups in total. The van der Waals surface area contributed by atoms with Gasteiger partial charge in [0.2, 0.25) is 0 Å². The van der Waals surface area contributed by atoms with Crippen LogP contribution in [0.3, 0.4) is 0 Å². The highest BCUT2D eigenvalue weighted by Crippen LogP contribution is 2.31. The van der Waals surface area contributed by atoms with E-state index in [1.165, 1.54) is 0 Å². The Balaban J connectivity index is 2.27. The van der Waals surface area contributed by atoms with Crippen molar-refractivity contribution in [3.63, 3.8) is 0 Å². The smallest absolute Gasteiger partial charge is 0.191 e. The normalized spacial score (nSPS) is 11.1. The van der Waals surface area contributed by atoms with E-state index in [1.807, 2.05) is 49.4 Å². The van der Waals surface area contributed by atoms with Crippen LogP contribution >= 0.6 is 0 Å². The molecule has 0 saturated carbocycles. The summed E-state index contributed by atoms with van der Waals surface area (Å²) in [6.45, 7) is 1.88. The second-order valence-corrected chi connectivity index (χ2v) is 5.46. The van der Waals surface area contributed by atoms with Crippen molar-refractivity contribution < 1.29 is 0 Å². The molecule has 2 aromatic carbocycles. The Morgan fingerprint density at radius 2 is 2.00 bits per heavy atom. The SMILES string of the molecule is C/C=C(\N=C(N)N)c1ccc2cccc(-c3ncccc3C#N)c2c1. The van der Waals surface area contributed by atoms with Crippen LogP contribution in [0.2, 0.25) is 0 Å². The topological polar surface area (TPSA) is 101 Å². The van der Waals surface area contributed by atoms with Crippen molar-refractivity contribution in [2.45, 2.75) is 6.92 Å². The number of hydrogen-bond donors (Lipinski definition) is 2. The maximum absolute atomic E-state index is 9.39. The summed E-state index contributed by atoms with van der Waals surface area (Å²) in [4.78, 5) is 8.58. The number of rotatable bonds is 3. The molecule has 0 bridgehead atoms. The number of guanidine groups is 1. The molecule has 3 rings (SSSR count). The Hall–Kier alpha value is -3.65. The van der Waals surface area contributed by atoms with Gasteiger partial charge in [0.1, 0.15) is 6.07 Å². The van der Waals surface area contributed by atoms with Crippen molar-refractivity contribution in [3.8, 4) is 17.3 Å². The molecular formula is C20H17N5. The van der Waals surface area contributed by atoms with Crippen LogP contribution in [-0.2, 0) is 0 Å². The number of aromatic nitrogens is 1. The zero-order chi connectivity index (χ0) is 17.8. The number of allylic oxidation sites excluding steroid dienone is 1. The van der Waals surface area contributed by atoms with Crippen LogP contribution in [0.15, 0.2) is 65.8 Å². The van der Waals surface area contributed by atoms with Crippen LogP contribution in [-0.4, -0.2) is 10.9 Å². The maximum atomic E-state index is 9.39. The summed E-state index contributed by atoms with van der Waals surface area (Å²) in [6, 6.07) is 17.7. The van der Waals surface area contributed by atoms with E-state index in [0.717, 1.165) is 21.9 Å². The van der Waals surface area contributed by atoms with Gasteiger partial charge in [0.05, 0.1) is 17.0 Å². The molecule has 122 valence electrons. The third-order valence-electron chi connectivity index (χ3n) is 3.88. The zero-order valence-electron chi connectivity index (χ0n) is 13.8. The fourth-order valence-electron chi connectivity index (χ4n) is 2.78. The Morgan fingerprint density at radius 1 is 1.16 bits per heavy atom. The predicted octanol–water partition coefficient (Wildman–Crippen LogP) is 3.41. The minimum Gasteiger partial charge on any atom is -0.370 e. The molecule has 0 aliphatic carbocycles. The number of nitrogens with two attached hydrogens (primary N) is 2. The Labute approximate surface area is 145 Å². The van der Waals surface area contributed by atoms with Crippen molar-refractivity contribution in [1.82, 2.24) is 4.98 Å². The fraction of sp³-hybridized carbons (Fsp3) is 0.0500. The number of pyridine rings is 1. The monoisotopic (exact) mass is 327 g/mol. The third kappa shape index (κ3) is 3.19. The molecule has 0 aliphatic rings. The molecule has 5 nitrogen and oxygen atoms in total. The second-order valence-electron chi connectivity index (χ2n) is 5.46. The lowest BCUT2D eigenvalue weighted by molar-refractivity contribution is 1.31. The average Bonchev–Trinajstić information content (AvgIpc) is 2.65. The molecule has 1 aromatic heterocycles. The first kappa shape index (κ1) is 16.2. The molecule has 5 heteroatoms. The molecule has 0 amide bonds. The van der Waals surface area contributed by atoms with E-state index in [1.54, 1.807) is 18.3 Å². The van der Waals surface area contributed by atoms with Gasteiger partial charge in [0, 0.05) is 17.3 Å². The van der Waals surface area contributed by atoms with E-state index in [9.17, 15) is 5.26 Å². The Kier molecular flexibility index (Phi) is 4.44. The highest BCUT2D eigenvalue weighted by molar-refractivity contribution is 5.99. The highest BCUT2D eigenvalue weighted by atomic mass is 15.0. The first-order valence-corrected chi connectivity index (χ1v) is 7.78. The van der Waals surface area contributed by atoms with Gasteiger partial charge in [-0.2, -0.15) is 5.26 Å². The number of nitriles is 1. The summed E-state index contributed by atoms with van der Waals surface area (Å²) in [5.74, 6) is 0.0120. The lowest BCUT2D eigenvalue weighted by Crippen LogP contribution is -2.22. The molecule has 0 fully saturated rings. The minimum absolute atomic E-state index is 0.0120. The van der Waals surface area contributed by atoms with Crippen LogP contribution < -0.4 is 11.5 Å². The van der Waals surface area contributed by atoms with Gasteiger partial charge in [-0.05, 0) is 35.9 Å². The molecule has 1 heterocycles. The average molecular weight is 327 g/mol. The van der Waals surface area contributed by atoms with Crippen LogP contribution in [0.5, 0.6) is 0 Å². The molecule has 25 heavy (non-hydrogen) atoms. The van der Waals surface area contributed by atoms with Crippen LogP contribution in [0.4, 0.5) is 0 Å². The molecule has 0 spiro atoms. The van der Waals surface area contributed by atoms with Crippen molar-refractivity contribution >= 4 is 22.4 Å². The van der Waals surface area contributed by atoms with E-state index in [4.69, 9.17) is 11.5 Å². The van der Waals surface area contributed by atoms with Gasteiger partial charge in [-0.15, -0.1) is 0 Å². The Morgan fingerprint density at radius 3 is 2.72 bits per heavy atom. The molecule has 0 aliphatic heterocycles. The summed E-state index contributed by atoms with van der Waals surface area (Å²) < 4.78 is 0. The van der Waals surface area contributed by atoms with Crippen molar-refractivity contribution in [2.24, 2.45) is 16.5 Å². The van der Waals surface area contributed by atoms with Crippen LogP contribution in [0.25, 0.3) is 27.7 Å². The van der Waals surface area contributed by atoms with Crippen molar-refractivity contribution in [1.29, 1.82) is 5.26 Å². The summed E-state index contributed by atoms with van der Waals surface area (Å²) in [5.41, 5.74) is 14.7. The van der Waals surface area contributed by atoms with Gasteiger partial charge in [0.25, 0.3) is 0 Å². The standard InChI is InChI=1S/C20H17N5/c1-2-18(25-20(22)23)14-9-8-13-5-3-7-16(17(13)11-14)19-15(12-21)6-4-10-24-19/h2-11H,1H3,(H4,22,23,25)/b18-2-. The van der Waals surface area contributed by atoms with E-state index >= 15 is 0 Å². The van der Waals surface area contributed by atoms with E-state index in [2.05, 4.69) is 16.0 Å². The lowest BCUT2D eigenvalue weighted by Gasteiger charge is -2.10. The quantitative estimate of drug-likeness (QED) is 0.568. The zero-order valence-corrected chi connectivity index (χ0v) is 13.8. The molecule has 0 atom stereocenters. The summed E-state index contributed by atoms with van der Waals surface area (Å²) in [5, 5.41) is 11.4. The highest BCUT2D eigenvalue weighted by Gasteiger charge is 2.11. The lowest BCUT2D eigenvalue weighted by atomic mass is 9.97. The van der Waals surface area contributed by atoms with Gasteiger partial charge in [0.15, 0.2) is 5.96 Å². The summed E-state index contributed by atoms with van der Waals surface area (Å²) >= 11 is 0. The molecule has 3 aromatic rings. The van der Waals surface area contributed by atoms with Crippen LogP contribution in [0, 0.1) is 11.3 Å². The van der Waals surface area contributed by atoms with E-state index < -0.39 is 0 Å².